The van der Waals surface area contributed by atoms with Crippen molar-refractivity contribution in [2.45, 2.75) is 64.5 Å². The lowest BCUT2D eigenvalue weighted by Crippen LogP contribution is -2.47. The molecule has 5 aliphatic rings. The second-order valence-corrected chi connectivity index (χ2v) is 11.9. The number of rotatable bonds is 6. The number of nitrogens with one attached hydrogen (secondary N) is 1. The molecule has 1 amide bonds. The van der Waals surface area contributed by atoms with E-state index in [0.29, 0.717) is 6.42 Å². The standard InChI is InChI=1S/C30H34N4O2/c35-28(16-30-13-20-10-21(14-30)12-22(11-20)15-30)33-29-25-8-9-34(18-26(25)31-19-32-29)17-24-6-7-27(36-24)23-4-2-1-3-5-23/h1-7,19-22H,8-18H2,(H,31,32,33,35). The minimum Gasteiger partial charge on any atom is -0.460 e. The molecule has 0 saturated heterocycles. The fourth-order valence-electron chi connectivity index (χ4n) is 8.12. The highest BCUT2D eigenvalue weighted by molar-refractivity contribution is 5.91. The van der Waals surface area contributed by atoms with Gasteiger partial charge in [-0.25, -0.2) is 9.97 Å². The Bertz CT molecular complexity index is 1230. The van der Waals surface area contributed by atoms with Crippen molar-refractivity contribution in [3.63, 3.8) is 0 Å². The van der Waals surface area contributed by atoms with E-state index in [4.69, 9.17) is 4.42 Å². The summed E-state index contributed by atoms with van der Waals surface area (Å²) in [4.78, 5) is 24.6. The highest BCUT2D eigenvalue weighted by Gasteiger charge is 2.51. The molecular formula is C30H34N4O2. The number of hydrogen-bond acceptors (Lipinski definition) is 5. The molecule has 6 heteroatoms. The summed E-state index contributed by atoms with van der Waals surface area (Å²) in [7, 11) is 0. The molecule has 36 heavy (non-hydrogen) atoms. The number of nitrogens with zero attached hydrogens (tertiary/aromatic N) is 3. The van der Waals surface area contributed by atoms with E-state index in [2.05, 4.69) is 38.4 Å². The van der Waals surface area contributed by atoms with Crippen LogP contribution in [0.25, 0.3) is 11.3 Å². The number of furan rings is 1. The molecule has 186 valence electrons. The molecule has 4 fully saturated rings. The Morgan fingerprint density at radius 2 is 1.75 bits per heavy atom. The molecule has 4 saturated carbocycles. The molecule has 1 N–H and O–H groups in total. The number of benzene rings is 1. The van der Waals surface area contributed by atoms with Crippen LogP contribution in [0, 0.1) is 23.2 Å². The monoisotopic (exact) mass is 482 g/mol. The van der Waals surface area contributed by atoms with Gasteiger partial charge in [0.25, 0.3) is 0 Å². The fraction of sp³-hybridized carbons (Fsp3) is 0.500. The molecule has 0 unspecified atom stereocenters. The Morgan fingerprint density at radius 3 is 2.50 bits per heavy atom. The van der Waals surface area contributed by atoms with E-state index in [1.165, 1.54) is 38.5 Å². The zero-order valence-corrected chi connectivity index (χ0v) is 20.8. The van der Waals surface area contributed by atoms with Gasteiger partial charge in [-0.2, -0.15) is 0 Å². The van der Waals surface area contributed by atoms with Gasteiger partial charge in [-0.15, -0.1) is 0 Å². The van der Waals surface area contributed by atoms with Crippen LogP contribution in [-0.2, 0) is 24.3 Å². The second-order valence-electron chi connectivity index (χ2n) is 11.9. The topological polar surface area (TPSA) is 71.3 Å². The minimum atomic E-state index is 0.143. The van der Waals surface area contributed by atoms with Crippen molar-refractivity contribution in [2.75, 3.05) is 11.9 Å². The van der Waals surface area contributed by atoms with Crippen LogP contribution >= 0.6 is 0 Å². The number of amides is 1. The van der Waals surface area contributed by atoms with Gasteiger partial charge in [-0.3, -0.25) is 9.69 Å². The maximum absolute atomic E-state index is 13.2. The van der Waals surface area contributed by atoms with Crippen molar-refractivity contribution in [3.05, 3.63) is 65.8 Å². The SMILES string of the molecule is O=C(CC12CC3CC(CC(C3)C1)C2)Nc1ncnc2c1CCN(Cc1ccc(-c3ccccc3)o1)C2. The summed E-state index contributed by atoms with van der Waals surface area (Å²) in [5, 5.41) is 3.20. The number of carbonyl (C=O) groups is 1. The zero-order valence-electron chi connectivity index (χ0n) is 20.8. The predicted molar refractivity (Wildman–Crippen MR) is 138 cm³/mol. The van der Waals surface area contributed by atoms with Gasteiger partial charge in [0.2, 0.25) is 5.91 Å². The third kappa shape index (κ3) is 4.26. The minimum absolute atomic E-state index is 0.143. The molecule has 3 heterocycles. The van der Waals surface area contributed by atoms with Crippen molar-refractivity contribution in [3.8, 4) is 11.3 Å². The molecule has 0 spiro atoms. The van der Waals surface area contributed by atoms with E-state index in [-0.39, 0.29) is 11.3 Å². The van der Waals surface area contributed by atoms with Gasteiger partial charge < -0.3 is 9.73 Å². The molecule has 0 atom stereocenters. The Balaban J connectivity index is 1.00. The summed E-state index contributed by atoms with van der Waals surface area (Å²) in [6.07, 6.45) is 11.1. The summed E-state index contributed by atoms with van der Waals surface area (Å²) in [6, 6.07) is 14.3. The van der Waals surface area contributed by atoms with Gasteiger partial charge >= 0.3 is 0 Å². The first-order valence-corrected chi connectivity index (χ1v) is 13.6. The van der Waals surface area contributed by atoms with Crippen molar-refractivity contribution in [1.82, 2.24) is 14.9 Å². The molecule has 6 nitrogen and oxygen atoms in total. The molecule has 4 bridgehead atoms. The zero-order chi connectivity index (χ0) is 24.1. The summed E-state index contributed by atoms with van der Waals surface area (Å²) < 4.78 is 6.12. The number of carbonyl (C=O) groups excluding carboxylic acids is 1. The molecule has 1 aromatic carbocycles. The smallest absolute Gasteiger partial charge is 0.226 e. The Kier molecular flexibility index (Phi) is 5.46. The van der Waals surface area contributed by atoms with Crippen LogP contribution in [0.2, 0.25) is 0 Å². The average molecular weight is 483 g/mol. The maximum atomic E-state index is 13.2. The van der Waals surface area contributed by atoms with Gasteiger partial charge in [-0.1, -0.05) is 30.3 Å². The number of anilines is 1. The maximum Gasteiger partial charge on any atom is 0.226 e. The normalized spacial score (nSPS) is 28.7. The molecule has 8 rings (SSSR count). The van der Waals surface area contributed by atoms with Crippen LogP contribution in [0.15, 0.2) is 53.2 Å². The predicted octanol–water partition coefficient (Wildman–Crippen LogP) is 5.84. The molecule has 2 aromatic heterocycles. The van der Waals surface area contributed by atoms with E-state index in [0.717, 1.165) is 78.0 Å². The van der Waals surface area contributed by atoms with Crippen LogP contribution in [0.1, 0.15) is 62.0 Å². The van der Waals surface area contributed by atoms with E-state index in [1.54, 1.807) is 6.33 Å². The Hall–Kier alpha value is -2.99. The van der Waals surface area contributed by atoms with Crippen molar-refractivity contribution in [1.29, 1.82) is 0 Å². The summed E-state index contributed by atoms with van der Waals surface area (Å²) >= 11 is 0. The highest BCUT2D eigenvalue weighted by Crippen LogP contribution is 2.61. The van der Waals surface area contributed by atoms with Gasteiger partial charge in [0.1, 0.15) is 23.7 Å². The lowest BCUT2D eigenvalue weighted by molar-refractivity contribution is -0.124. The van der Waals surface area contributed by atoms with E-state index in [9.17, 15) is 4.79 Å². The fourth-order valence-corrected chi connectivity index (χ4v) is 8.12. The van der Waals surface area contributed by atoms with Gasteiger partial charge in [0, 0.05) is 30.6 Å². The first-order valence-electron chi connectivity index (χ1n) is 13.6. The van der Waals surface area contributed by atoms with E-state index < -0.39 is 0 Å². The summed E-state index contributed by atoms with van der Waals surface area (Å²) in [6.45, 7) is 2.36. The average Bonchev–Trinajstić information content (AvgIpc) is 3.32. The number of fused-ring (bicyclic) bond motifs is 1. The summed E-state index contributed by atoms with van der Waals surface area (Å²) in [5.41, 5.74) is 3.44. The van der Waals surface area contributed by atoms with Gasteiger partial charge in [0.15, 0.2) is 0 Å². The first kappa shape index (κ1) is 22.2. The Morgan fingerprint density at radius 1 is 1.00 bits per heavy atom. The quantitative estimate of drug-likeness (QED) is 0.478. The van der Waals surface area contributed by atoms with Crippen molar-refractivity contribution >= 4 is 11.7 Å². The van der Waals surface area contributed by atoms with Crippen molar-refractivity contribution in [2.24, 2.45) is 23.2 Å². The molecule has 3 aromatic rings. The van der Waals surface area contributed by atoms with E-state index >= 15 is 0 Å². The number of aromatic nitrogens is 2. The third-order valence-corrected chi connectivity index (χ3v) is 9.14. The lowest BCUT2D eigenvalue weighted by atomic mass is 9.49. The first-order chi connectivity index (χ1) is 17.6. The molecule has 4 aliphatic carbocycles. The van der Waals surface area contributed by atoms with Gasteiger partial charge in [0.05, 0.1) is 12.2 Å². The number of hydrogen-bond donors (Lipinski definition) is 1. The molecule has 0 radical (unpaired) electrons. The Labute approximate surface area is 212 Å². The van der Waals surface area contributed by atoms with Crippen LogP contribution in [0.4, 0.5) is 5.82 Å². The second kappa shape index (κ2) is 8.84. The third-order valence-electron chi connectivity index (χ3n) is 9.14. The molecular weight excluding hydrogens is 448 g/mol. The lowest BCUT2D eigenvalue weighted by Gasteiger charge is -2.56. The van der Waals surface area contributed by atoms with Gasteiger partial charge in [-0.05, 0) is 80.2 Å². The highest BCUT2D eigenvalue weighted by atomic mass is 16.3. The molecule has 1 aliphatic heterocycles. The summed E-state index contributed by atoms with van der Waals surface area (Å²) in [5.74, 6) is 5.30. The van der Waals surface area contributed by atoms with Crippen LogP contribution in [0.3, 0.4) is 0 Å². The van der Waals surface area contributed by atoms with E-state index in [1.807, 2.05) is 24.3 Å². The largest absolute Gasteiger partial charge is 0.460 e. The van der Waals surface area contributed by atoms with Crippen LogP contribution in [0.5, 0.6) is 0 Å². The van der Waals surface area contributed by atoms with Crippen LogP contribution < -0.4 is 5.32 Å². The van der Waals surface area contributed by atoms with Crippen molar-refractivity contribution < 1.29 is 9.21 Å². The van der Waals surface area contributed by atoms with Crippen LogP contribution in [-0.4, -0.2) is 27.3 Å².